The number of nitrogens with one attached hydrogen (secondary N) is 1. The molecule has 0 aliphatic carbocycles. The average Bonchev–Trinajstić information content (AvgIpc) is 2.57. The molecule has 0 radical (unpaired) electrons. The van der Waals surface area contributed by atoms with Gasteiger partial charge in [0.05, 0.1) is 4.90 Å². The van der Waals surface area contributed by atoms with E-state index < -0.39 is 10.0 Å². The molecule has 3 aromatic rings. The third kappa shape index (κ3) is 7.27. The second-order valence-electron chi connectivity index (χ2n) is 4.91. The number of halogens is 2. The minimum atomic E-state index is -3.50. The Morgan fingerprint density at radius 2 is 1.24 bits per heavy atom. The SMILES string of the molecule is O=S(=O)(Nc1ccccc1)c1ccc(Br)cc1.[Cl-].[NH3+]c1ccccc1. The highest BCUT2D eigenvalue weighted by atomic mass is 79.9. The van der Waals surface area contributed by atoms with Crippen molar-refractivity contribution < 1.29 is 26.6 Å². The molecule has 4 N–H and O–H groups in total. The maximum atomic E-state index is 12.0. The first-order valence-electron chi connectivity index (χ1n) is 7.18. The van der Waals surface area contributed by atoms with Crippen LogP contribution in [0.5, 0.6) is 0 Å². The van der Waals surface area contributed by atoms with Crippen LogP contribution in [0.2, 0.25) is 0 Å². The first kappa shape index (κ1) is 21.2. The smallest absolute Gasteiger partial charge is 0.261 e. The van der Waals surface area contributed by atoms with E-state index >= 15 is 0 Å². The van der Waals surface area contributed by atoms with Gasteiger partial charge in [-0.2, -0.15) is 0 Å². The number of anilines is 1. The fraction of sp³-hybridized carbons (Fsp3) is 0. The molecule has 0 unspecified atom stereocenters. The highest BCUT2D eigenvalue weighted by Gasteiger charge is 2.13. The number of sulfonamides is 1. The van der Waals surface area contributed by atoms with Crippen molar-refractivity contribution in [1.29, 1.82) is 0 Å². The summed E-state index contributed by atoms with van der Waals surface area (Å²) >= 11 is 3.26. The summed E-state index contributed by atoms with van der Waals surface area (Å²) in [6.45, 7) is 0. The molecular formula is C18H18BrClN2O2S. The standard InChI is InChI=1S/C12H10BrNO2S.C6H7N.ClH/c13-10-6-8-12(9-7-10)17(15,16)14-11-4-2-1-3-5-11;7-6-4-2-1-3-5-6;/h1-9,14H;1-5H,7H2;1H. The molecule has 0 saturated heterocycles. The van der Waals surface area contributed by atoms with Gasteiger partial charge in [0, 0.05) is 10.2 Å². The first-order valence-corrected chi connectivity index (χ1v) is 9.45. The highest BCUT2D eigenvalue weighted by Crippen LogP contribution is 2.18. The van der Waals surface area contributed by atoms with Crippen molar-refractivity contribution in [3.8, 4) is 0 Å². The predicted molar refractivity (Wildman–Crippen MR) is 100 cm³/mol. The van der Waals surface area contributed by atoms with Crippen molar-refractivity contribution in [2.24, 2.45) is 0 Å². The molecule has 0 saturated carbocycles. The van der Waals surface area contributed by atoms with Crippen LogP contribution in [0.3, 0.4) is 0 Å². The lowest BCUT2D eigenvalue weighted by molar-refractivity contribution is -0.254. The Labute approximate surface area is 162 Å². The maximum absolute atomic E-state index is 12.0. The van der Waals surface area contributed by atoms with Gasteiger partial charge in [0.25, 0.3) is 10.0 Å². The second kappa shape index (κ2) is 10.2. The van der Waals surface area contributed by atoms with Crippen LogP contribution in [0.25, 0.3) is 0 Å². The van der Waals surface area contributed by atoms with Crippen molar-refractivity contribution >= 4 is 37.3 Å². The second-order valence-corrected chi connectivity index (χ2v) is 7.51. The monoisotopic (exact) mass is 440 g/mol. The number of rotatable bonds is 3. The van der Waals surface area contributed by atoms with E-state index in [4.69, 9.17) is 0 Å². The van der Waals surface area contributed by atoms with Crippen molar-refractivity contribution in [3.63, 3.8) is 0 Å². The molecule has 0 aliphatic heterocycles. The largest absolute Gasteiger partial charge is 1.00 e. The van der Waals surface area contributed by atoms with Gasteiger partial charge in [0.2, 0.25) is 0 Å². The molecule has 3 aromatic carbocycles. The van der Waals surface area contributed by atoms with Gasteiger partial charge in [-0.25, -0.2) is 8.42 Å². The minimum absolute atomic E-state index is 0. The molecule has 0 heterocycles. The van der Waals surface area contributed by atoms with Gasteiger partial charge in [0.15, 0.2) is 0 Å². The van der Waals surface area contributed by atoms with Gasteiger partial charge < -0.3 is 18.1 Å². The normalized spacial score (nSPS) is 10.0. The number of para-hydroxylation sites is 1. The topological polar surface area (TPSA) is 73.8 Å². The number of hydrogen-bond acceptors (Lipinski definition) is 2. The van der Waals surface area contributed by atoms with Gasteiger partial charge in [-0.15, -0.1) is 0 Å². The summed E-state index contributed by atoms with van der Waals surface area (Å²) in [5.74, 6) is 0. The Hall–Kier alpha value is -1.86. The summed E-state index contributed by atoms with van der Waals surface area (Å²) in [4.78, 5) is 0.240. The molecule has 3 rings (SSSR count). The molecule has 25 heavy (non-hydrogen) atoms. The van der Waals surface area contributed by atoms with Crippen molar-refractivity contribution in [2.45, 2.75) is 4.90 Å². The lowest BCUT2D eigenvalue weighted by Gasteiger charge is -2.07. The Bertz CT molecular complexity index is 859. The molecule has 0 fully saturated rings. The zero-order valence-corrected chi connectivity index (χ0v) is 16.4. The zero-order valence-electron chi connectivity index (χ0n) is 13.3. The number of benzene rings is 3. The summed E-state index contributed by atoms with van der Waals surface area (Å²) in [5.41, 5.74) is 5.34. The van der Waals surface area contributed by atoms with Gasteiger partial charge in [-0.3, -0.25) is 4.72 Å². The summed E-state index contributed by atoms with van der Waals surface area (Å²) in [7, 11) is -3.50. The Morgan fingerprint density at radius 1 is 0.760 bits per heavy atom. The quantitative estimate of drug-likeness (QED) is 0.631. The Morgan fingerprint density at radius 3 is 1.68 bits per heavy atom. The van der Waals surface area contributed by atoms with E-state index in [1.165, 1.54) is 0 Å². The van der Waals surface area contributed by atoms with Gasteiger partial charge in [-0.05, 0) is 48.5 Å². The van der Waals surface area contributed by atoms with Crippen LogP contribution in [0.4, 0.5) is 11.4 Å². The Kier molecular flexibility index (Phi) is 8.65. The Balaban J connectivity index is 0.000000330. The van der Waals surface area contributed by atoms with Gasteiger partial charge >= 0.3 is 0 Å². The van der Waals surface area contributed by atoms with E-state index in [0.717, 1.165) is 10.2 Å². The first-order chi connectivity index (χ1) is 11.5. The maximum Gasteiger partial charge on any atom is 0.261 e. The lowest BCUT2D eigenvalue weighted by Crippen LogP contribution is -3.00. The van der Waals surface area contributed by atoms with Crippen molar-refractivity contribution in [3.05, 3.63) is 89.4 Å². The minimum Gasteiger partial charge on any atom is -1.00 e. The third-order valence-corrected chi connectivity index (χ3v) is 4.92. The van der Waals surface area contributed by atoms with E-state index in [1.54, 1.807) is 48.5 Å². The van der Waals surface area contributed by atoms with Gasteiger partial charge in [-0.1, -0.05) is 52.3 Å². The fourth-order valence-electron chi connectivity index (χ4n) is 1.81. The molecule has 4 nitrogen and oxygen atoms in total. The van der Waals surface area contributed by atoms with Crippen LogP contribution in [-0.2, 0) is 10.0 Å². The highest BCUT2D eigenvalue weighted by molar-refractivity contribution is 9.10. The van der Waals surface area contributed by atoms with E-state index in [9.17, 15) is 8.42 Å². The number of quaternary nitrogens is 1. The molecule has 0 amide bonds. The summed E-state index contributed by atoms with van der Waals surface area (Å²) in [6.07, 6.45) is 0. The molecule has 0 bridgehead atoms. The van der Waals surface area contributed by atoms with Crippen LogP contribution in [0.1, 0.15) is 0 Å². The van der Waals surface area contributed by atoms with E-state index in [-0.39, 0.29) is 17.3 Å². The third-order valence-electron chi connectivity index (χ3n) is 2.99. The average molecular weight is 442 g/mol. The van der Waals surface area contributed by atoms with E-state index in [2.05, 4.69) is 26.4 Å². The van der Waals surface area contributed by atoms with E-state index in [0.29, 0.717) is 5.69 Å². The molecular weight excluding hydrogens is 424 g/mol. The summed E-state index contributed by atoms with van der Waals surface area (Å²) in [6, 6.07) is 25.2. The van der Waals surface area contributed by atoms with Gasteiger partial charge in [0.1, 0.15) is 5.69 Å². The van der Waals surface area contributed by atoms with Crippen molar-refractivity contribution in [2.75, 3.05) is 4.72 Å². The molecule has 7 heteroatoms. The fourth-order valence-corrected chi connectivity index (χ4v) is 3.13. The lowest BCUT2D eigenvalue weighted by atomic mass is 10.3. The molecule has 0 aromatic heterocycles. The molecule has 132 valence electrons. The summed E-state index contributed by atoms with van der Waals surface area (Å²) < 4.78 is 27.3. The summed E-state index contributed by atoms with van der Waals surface area (Å²) in [5, 5.41) is 0. The predicted octanol–water partition coefficient (Wildman–Crippen LogP) is 0.814. The van der Waals surface area contributed by atoms with Crippen LogP contribution in [0.15, 0.2) is 94.3 Å². The number of hydrogen-bond donors (Lipinski definition) is 2. The van der Waals surface area contributed by atoms with Crippen LogP contribution in [-0.4, -0.2) is 8.42 Å². The van der Waals surface area contributed by atoms with Crippen molar-refractivity contribution in [1.82, 2.24) is 0 Å². The van der Waals surface area contributed by atoms with Crippen LogP contribution in [0, 0.1) is 0 Å². The zero-order chi connectivity index (χ0) is 17.4. The molecule has 0 aliphatic rings. The van der Waals surface area contributed by atoms with Crippen LogP contribution >= 0.6 is 15.9 Å². The molecule has 0 atom stereocenters. The van der Waals surface area contributed by atoms with Crippen LogP contribution < -0.4 is 22.9 Å². The molecule has 0 spiro atoms. The van der Waals surface area contributed by atoms with E-state index in [1.807, 2.05) is 36.4 Å².